The van der Waals surface area contributed by atoms with Gasteiger partial charge in [-0.15, -0.1) is 16.4 Å². The summed E-state index contributed by atoms with van der Waals surface area (Å²) in [5, 5.41) is 12.9. The number of aromatic amines is 1. The number of thiophene rings is 1. The van der Waals surface area contributed by atoms with E-state index in [1.165, 1.54) is 0 Å². The standard InChI is InChI=1S/C28H29N7O3S2/c1-18-5-8-24(19(2)14-18)40(38)28-26-30-27(37)22-7-6-20(15-23(22)35(26)32-31-28)34-11-9-33(10-12-34)17-25(36)29-16-21-4-3-13-39-21/h3-8,13-15,32H,9-12,16-17H2,1-2H3,(H,29,36). The van der Waals surface area contributed by atoms with Gasteiger partial charge in [-0.25, -0.2) is 13.9 Å². The van der Waals surface area contributed by atoms with Gasteiger partial charge < -0.3 is 10.2 Å². The van der Waals surface area contributed by atoms with E-state index >= 15 is 0 Å². The number of nitrogens with zero attached hydrogens (tertiary/aromatic N) is 5. The summed E-state index contributed by atoms with van der Waals surface area (Å²) in [7, 11) is -1.60. The molecule has 3 aromatic heterocycles. The Morgan fingerprint density at radius 1 is 1.10 bits per heavy atom. The zero-order valence-corrected chi connectivity index (χ0v) is 23.8. The Balaban J connectivity index is 1.20. The molecule has 2 N–H and O–H groups in total. The number of benzene rings is 2. The van der Waals surface area contributed by atoms with Crippen LogP contribution in [0.1, 0.15) is 16.0 Å². The van der Waals surface area contributed by atoms with E-state index in [-0.39, 0.29) is 22.1 Å². The van der Waals surface area contributed by atoms with Crippen molar-refractivity contribution in [1.82, 2.24) is 30.0 Å². The molecule has 4 heterocycles. The second-order valence-electron chi connectivity index (χ2n) is 9.95. The van der Waals surface area contributed by atoms with Gasteiger partial charge >= 0.3 is 0 Å². The van der Waals surface area contributed by atoms with Crippen LogP contribution in [0.4, 0.5) is 5.69 Å². The Kier molecular flexibility index (Phi) is 7.22. The Labute approximate surface area is 237 Å². The second kappa shape index (κ2) is 11.0. The van der Waals surface area contributed by atoms with Gasteiger partial charge in [0.1, 0.15) is 10.8 Å². The van der Waals surface area contributed by atoms with Crippen molar-refractivity contribution in [3.05, 3.63) is 80.3 Å². The number of anilines is 1. The predicted molar refractivity (Wildman–Crippen MR) is 157 cm³/mol. The van der Waals surface area contributed by atoms with Crippen molar-refractivity contribution in [1.29, 1.82) is 0 Å². The largest absolute Gasteiger partial charge is 0.369 e. The fourth-order valence-corrected chi connectivity index (χ4v) is 6.87. The van der Waals surface area contributed by atoms with Crippen LogP contribution >= 0.6 is 11.3 Å². The van der Waals surface area contributed by atoms with Crippen LogP contribution in [-0.2, 0) is 22.1 Å². The first-order valence-electron chi connectivity index (χ1n) is 13.0. The first-order chi connectivity index (χ1) is 19.4. The van der Waals surface area contributed by atoms with Gasteiger partial charge in [0.2, 0.25) is 5.91 Å². The van der Waals surface area contributed by atoms with E-state index in [0.717, 1.165) is 47.9 Å². The lowest BCUT2D eigenvalue weighted by atomic mass is 10.2. The number of hydrogen-bond donors (Lipinski definition) is 2. The normalized spacial score (nSPS) is 15.1. The quantitative estimate of drug-likeness (QED) is 0.307. The summed E-state index contributed by atoms with van der Waals surface area (Å²) in [6.45, 7) is 7.82. The van der Waals surface area contributed by atoms with Crippen molar-refractivity contribution in [2.24, 2.45) is 0 Å². The topological polar surface area (TPSA) is 116 Å². The van der Waals surface area contributed by atoms with Crippen molar-refractivity contribution < 1.29 is 9.00 Å². The third-order valence-corrected chi connectivity index (χ3v) is 9.52. The first kappa shape index (κ1) is 26.4. The van der Waals surface area contributed by atoms with Gasteiger partial charge in [0.15, 0.2) is 10.7 Å². The monoisotopic (exact) mass is 575 g/mol. The number of carbonyl (C=O) groups is 1. The van der Waals surface area contributed by atoms with Crippen LogP contribution in [0.3, 0.4) is 0 Å². The summed E-state index contributed by atoms with van der Waals surface area (Å²) in [6.07, 6.45) is 0. The van der Waals surface area contributed by atoms with Crippen LogP contribution in [0.2, 0.25) is 0 Å². The lowest BCUT2D eigenvalue weighted by molar-refractivity contribution is -0.122. The van der Waals surface area contributed by atoms with Gasteiger partial charge in [-0.05, 0) is 55.1 Å². The second-order valence-corrected chi connectivity index (χ2v) is 12.3. The van der Waals surface area contributed by atoms with Crippen LogP contribution < -0.4 is 15.8 Å². The fourth-order valence-electron chi connectivity index (χ4n) is 5.05. The van der Waals surface area contributed by atoms with Crippen molar-refractivity contribution in [3.63, 3.8) is 0 Å². The number of piperazine rings is 1. The third kappa shape index (κ3) is 5.17. The molecule has 0 aliphatic carbocycles. The zero-order chi connectivity index (χ0) is 27.8. The van der Waals surface area contributed by atoms with E-state index in [0.29, 0.717) is 28.9 Å². The zero-order valence-electron chi connectivity index (χ0n) is 22.2. The first-order valence-corrected chi connectivity index (χ1v) is 15.1. The van der Waals surface area contributed by atoms with E-state index in [4.69, 9.17) is 0 Å². The Morgan fingerprint density at radius 2 is 1.93 bits per heavy atom. The number of H-pyrrole nitrogens is 1. The molecular weight excluding hydrogens is 546 g/mol. The minimum absolute atomic E-state index is 0.0232. The number of rotatable bonds is 7. The molecule has 1 atom stereocenters. The van der Waals surface area contributed by atoms with E-state index in [9.17, 15) is 13.8 Å². The molecule has 0 spiro atoms. The fraction of sp³-hybridized carbons (Fsp3) is 0.286. The maximum atomic E-state index is 13.5. The average molecular weight is 576 g/mol. The van der Waals surface area contributed by atoms with Gasteiger partial charge in [-0.2, -0.15) is 4.98 Å². The van der Waals surface area contributed by atoms with Crippen molar-refractivity contribution in [2.75, 3.05) is 37.6 Å². The number of carbonyl (C=O) groups excluding carboxylic acids is 1. The van der Waals surface area contributed by atoms with Crippen molar-refractivity contribution in [2.45, 2.75) is 30.3 Å². The van der Waals surface area contributed by atoms with Crippen LogP contribution in [0.5, 0.6) is 0 Å². The molecule has 1 saturated heterocycles. The number of aryl methyl sites for hydroxylation is 2. The number of nitrogens with one attached hydrogen (secondary N) is 2. The number of aromatic nitrogens is 4. The summed E-state index contributed by atoms with van der Waals surface area (Å²) in [4.78, 5) is 35.8. The number of hydrogen-bond acceptors (Lipinski definition) is 8. The molecule has 5 aromatic rings. The Morgan fingerprint density at radius 3 is 2.67 bits per heavy atom. The lowest BCUT2D eigenvalue weighted by Crippen LogP contribution is -2.49. The molecule has 1 fully saturated rings. The highest BCUT2D eigenvalue weighted by Gasteiger charge is 2.22. The highest BCUT2D eigenvalue weighted by atomic mass is 32.2. The number of fused-ring (bicyclic) bond motifs is 3. The summed E-state index contributed by atoms with van der Waals surface area (Å²) in [5.41, 5.74) is 3.42. The molecule has 12 heteroatoms. The number of amides is 1. The molecule has 40 heavy (non-hydrogen) atoms. The molecular formula is C28H29N7O3S2. The van der Waals surface area contributed by atoms with Crippen molar-refractivity contribution in [3.8, 4) is 0 Å². The minimum Gasteiger partial charge on any atom is -0.369 e. The maximum absolute atomic E-state index is 13.5. The van der Waals surface area contributed by atoms with Gasteiger partial charge in [-0.1, -0.05) is 23.8 Å². The minimum atomic E-state index is -1.60. The molecule has 206 valence electrons. The van der Waals surface area contributed by atoms with E-state index in [1.54, 1.807) is 21.9 Å². The average Bonchev–Trinajstić information content (AvgIpc) is 3.62. The molecule has 1 aliphatic heterocycles. The molecule has 1 unspecified atom stereocenters. The predicted octanol–water partition coefficient (Wildman–Crippen LogP) is 2.85. The summed E-state index contributed by atoms with van der Waals surface area (Å²) in [6, 6.07) is 15.3. The van der Waals surface area contributed by atoms with Gasteiger partial charge in [-0.3, -0.25) is 14.5 Å². The van der Waals surface area contributed by atoms with Crippen LogP contribution in [-0.4, -0.2) is 67.6 Å². The van der Waals surface area contributed by atoms with Gasteiger partial charge in [0.05, 0.1) is 24.0 Å². The molecule has 1 aliphatic rings. The Hall–Kier alpha value is -3.87. The van der Waals surface area contributed by atoms with E-state index < -0.39 is 10.8 Å². The van der Waals surface area contributed by atoms with E-state index in [1.807, 2.05) is 61.7 Å². The summed E-state index contributed by atoms with van der Waals surface area (Å²) in [5.74, 6) is 0.0232. The molecule has 2 aromatic carbocycles. The summed E-state index contributed by atoms with van der Waals surface area (Å²) < 4.78 is 15.1. The molecule has 0 bridgehead atoms. The molecule has 6 rings (SSSR count). The molecule has 10 nitrogen and oxygen atoms in total. The smallest absolute Gasteiger partial charge is 0.281 e. The van der Waals surface area contributed by atoms with Crippen LogP contribution in [0.25, 0.3) is 16.6 Å². The molecule has 0 saturated carbocycles. The van der Waals surface area contributed by atoms with Crippen molar-refractivity contribution >= 4 is 50.3 Å². The van der Waals surface area contributed by atoms with Crippen LogP contribution in [0, 0.1) is 13.8 Å². The highest BCUT2D eigenvalue weighted by Crippen LogP contribution is 2.25. The van der Waals surface area contributed by atoms with Gasteiger partial charge in [0, 0.05) is 41.6 Å². The molecule has 1 amide bonds. The SMILES string of the molecule is Cc1ccc(S(=O)c2n[nH]n3c2nc(=O)c2ccc(N4CCN(CC(=O)NCc5cccs5)CC4)cc23)c(C)c1. The van der Waals surface area contributed by atoms with Crippen LogP contribution in [0.15, 0.2) is 68.6 Å². The third-order valence-electron chi connectivity index (χ3n) is 7.17. The summed E-state index contributed by atoms with van der Waals surface area (Å²) >= 11 is 1.63. The van der Waals surface area contributed by atoms with E-state index in [2.05, 4.69) is 30.4 Å². The lowest BCUT2D eigenvalue weighted by Gasteiger charge is -2.35. The van der Waals surface area contributed by atoms with Gasteiger partial charge in [0.25, 0.3) is 5.56 Å². The molecule has 0 radical (unpaired) electrons. The Bertz CT molecular complexity index is 1790. The maximum Gasteiger partial charge on any atom is 0.281 e. The highest BCUT2D eigenvalue weighted by molar-refractivity contribution is 7.85.